The normalized spacial score (nSPS) is 11.9. The van der Waals surface area contributed by atoms with Gasteiger partial charge < -0.3 is 5.32 Å². The van der Waals surface area contributed by atoms with Crippen LogP contribution in [-0.4, -0.2) is 15.5 Å². The van der Waals surface area contributed by atoms with Crippen molar-refractivity contribution in [3.63, 3.8) is 0 Å². The molecule has 2 aromatic carbocycles. The molecule has 1 amide bonds. The van der Waals surface area contributed by atoms with E-state index in [0.717, 1.165) is 5.56 Å². The highest BCUT2D eigenvalue weighted by Crippen LogP contribution is 2.35. The molecule has 0 radical (unpaired) electrons. The molecule has 0 fully saturated rings. The van der Waals surface area contributed by atoms with Crippen molar-refractivity contribution in [2.45, 2.75) is 46.1 Å². The van der Waals surface area contributed by atoms with Crippen LogP contribution in [0.4, 0.5) is 13.2 Å². The van der Waals surface area contributed by atoms with Crippen LogP contribution in [0.15, 0.2) is 54.6 Å². The van der Waals surface area contributed by atoms with Gasteiger partial charge in [-0.25, -0.2) is 17.7 Å². The molecule has 0 aliphatic rings. The van der Waals surface area contributed by atoms with Crippen molar-refractivity contribution in [2.75, 3.05) is 0 Å². The standard InChI is InChI=1S/C27H26F3N3O/c1-15(2)25-19(26(34)31-27(4,5)17-9-11-18(28)12-10-17)13-14-22-23(16(3)32-33(22)25)24-20(29)7-6-8-21(24)30/h6-15H,1-5H3,(H,31,34). The molecule has 0 saturated carbocycles. The van der Waals surface area contributed by atoms with Crippen molar-refractivity contribution >= 4 is 11.4 Å². The number of halogens is 3. The minimum atomic E-state index is -0.768. The number of rotatable bonds is 5. The van der Waals surface area contributed by atoms with Gasteiger partial charge in [-0.3, -0.25) is 4.79 Å². The Labute approximate surface area is 196 Å². The molecular formula is C27H26F3N3O. The van der Waals surface area contributed by atoms with E-state index in [1.165, 1.54) is 30.3 Å². The van der Waals surface area contributed by atoms with E-state index in [1.807, 2.05) is 27.7 Å². The van der Waals surface area contributed by atoms with Crippen molar-refractivity contribution < 1.29 is 18.0 Å². The molecule has 34 heavy (non-hydrogen) atoms. The minimum absolute atomic E-state index is 0.115. The van der Waals surface area contributed by atoms with Crippen LogP contribution in [0.25, 0.3) is 16.6 Å². The third kappa shape index (κ3) is 4.06. The lowest BCUT2D eigenvalue weighted by Crippen LogP contribution is -2.41. The molecule has 7 heteroatoms. The number of aryl methyl sites for hydroxylation is 1. The van der Waals surface area contributed by atoms with E-state index in [-0.39, 0.29) is 23.2 Å². The number of amides is 1. The van der Waals surface area contributed by atoms with Gasteiger partial charge in [0.25, 0.3) is 5.91 Å². The van der Waals surface area contributed by atoms with Gasteiger partial charge in [0.05, 0.1) is 33.6 Å². The largest absolute Gasteiger partial charge is 0.343 e. The Balaban J connectivity index is 1.83. The van der Waals surface area contributed by atoms with E-state index in [4.69, 9.17) is 0 Å². The molecule has 0 saturated heterocycles. The van der Waals surface area contributed by atoms with Gasteiger partial charge in [0.15, 0.2) is 0 Å². The number of hydrogen-bond acceptors (Lipinski definition) is 2. The summed E-state index contributed by atoms with van der Waals surface area (Å²) in [7, 11) is 0. The van der Waals surface area contributed by atoms with Crippen LogP contribution >= 0.6 is 0 Å². The van der Waals surface area contributed by atoms with Gasteiger partial charge in [-0.2, -0.15) is 5.10 Å². The highest BCUT2D eigenvalue weighted by atomic mass is 19.1. The van der Waals surface area contributed by atoms with Crippen LogP contribution < -0.4 is 5.32 Å². The number of benzene rings is 2. The summed E-state index contributed by atoms with van der Waals surface area (Å²) in [6.07, 6.45) is 0. The monoisotopic (exact) mass is 465 g/mol. The third-order valence-corrected chi connectivity index (χ3v) is 6.00. The van der Waals surface area contributed by atoms with E-state index in [9.17, 15) is 18.0 Å². The molecule has 0 aliphatic heterocycles. The number of aromatic nitrogens is 2. The van der Waals surface area contributed by atoms with E-state index >= 15 is 0 Å². The van der Waals surface area contributed by atoms with Crippen LogP contribution in [0.5, 0.6) is 0 Å². The van der Waals surface area contributed by atoms with Crippen LogP contribution in [0, 0.1) is 24.4 Å². The first kappa shape index (κ1) is 23.5. The molecule has 1 N–H and O–H groups in total. The topological polar surface area (TPSA) is 46.4 Å². The zero-order chi connectivity index (χ0) is 24.8. The zero-order valence-corrected chi connectivity index (χ0v) is 19.7. The fourth-order valence-electron chi connectivity index (χ4n) is 4.33. The average molecular weight is 466 g/mol. The first-order valence-electron chi connectivity index (χ1n) is 11.1. The van der Waals surface area contributed by atoms with E-state index in [0.29, 0.717) is 28.0 Å². The molecule has 0 bridgehead atoms. The van der Waals surface area contributed by atoms with Crippen molar-refractivity contribution in [1.82, 2.24) is 14.9 Å². The van der Waals surface area contributed by atoms with E-state index in [1.54, 1.807) is 35.7 Å². The number of nitrogens with one attached hydrogen (secondary N) is 1. The second-order valence-corrected chi connectivity index (χ2v) is 9.23. The second kappa shape index (κ2) is 8.63. The molecule has 0 atom stereocenters. The fourth-order valence-corrected chi connectivity index (χ4v) is 4.33. The summed E-state index contributed by atoms with van der Waals surface area (Å²) >= 11 is 0. The number of fused-ring (bicyclic) bond motifs is 1. The molecule has 2 heterocycles. The summed E-state index contributed by atoms with van der Waals surface area (Å²) in [6.45, 7) is 9.22. The van der Waals surface area contributed by atoms with Gasteiger partial charge in [0.2, 0.25) is 0 Å². The maximum absolute atomic E-state index is 14.6. The third-order valence-electron chi connectivity index (χ3n) is 6.00. The molecular weight excluding hydrogens is 439 g/mol. The van der Waals surface area contributed by atoms with Gasteiger partial charge in [-0.1, -0.05) is 32.0 Å². The van der Waals surface area contributed by atoms with Gasteiger partial charge >= 0.3 is 0 Å². The molecule has 2 aromatic heterocycles. The predicted molar refractivity (Wildman–Crippen MR) is 126 cm³/mol. The predicted octanol–water partition coefficient (Wildman–Crippen LogP) is 6.52. The highest BCUT2D eigenvalue weighted by Gasteiger charge is 2.28. The van der Waals surface area contributed by atoms with Crippen LogP contribution in [-0.2, 0) is 5.54 Å². The lowest BCUT2D eigenvalue weighted by Gasteiger charge is -2.28. The quantitative estimate of drug-likeness (QED) is 0.365. The smallest absolute Gasteiger partial charge is 0.253 e. The van der Waals surface area contributed by atoms with Crippen molar-refractivity contribution in [2.24, 2.45) is 0 Å². The summed E-state index contributed by atoms with van der Waals surface area (Å²) in [5, 5.41) is 7.58. The fraction of sp³-hybridized carbons (Fsp3) is 0.259. The van der Waals surface area contributed by atoms with Crippen LogP contribution in [0.2, 0.25) is 0 Å². The summed E-state index contributed by atoms with van der Waals surface area (Å²) < 4.78 is 44.1. The first-order chi connectivity index (χ1) is 16.0. The molecule has 4 nitrogen and oxygen atoms in total. The van der Waals surface area contributed by atoms with Gasteiger partial charge in [-0.05, 0) is 68.7 Å². The Bertz CT molecular complexity index is 1370. The number of carbonyl (C=O) groups excluding carboxylic acids is 1. The number of carbonyl (C=O) groups is 1. The van der Waals surface area contributed by atoms with Crippen LogP contribution in [0.3, 0.4) is 0 Å². The Morgan fingerprint density at radius 1 is 0.941 bits per heavy atom. The van der Waals surface area contributed by atoms with E-state index < -0.39 is 17.2 Å². The zero-order valence-electron chi connectivity index (χ0n) is 19.7. The Morgan fingerprint density at radius 2 is 1.56 bits per heavy atom. The molecule has 0 aliphatic carbocycles. The summed E-state index contributed by atoms with van der Waals surface area (Å²) in [5.74, 6) is -2.14. The molecule has 4 aromatic rings. The van der Waals surface area contributed by atoms with Gasteiger partial charge in [0, 0.05) is 5.56 Å². The lowest BCUT2D eigenvalue weighted by atomic mass is 9.93. The molecule has 176 valence electrons. The molecule has 0 spiro atoms. The first-order valence-corrected chi connectivity index (χ1v) is 11.1. The van der Waals surface area contributed by atoms with Crippen molar-refractivity contribution in [3.8, 4) is 11.1 Å². The molecule has 4 rings (SSSR count). The second-order valence-electron chi connectivity index (χ2n) is 9.23. The minimum Gasteiger partial charge on any atom is -0.343 e. The van der Waals surface area contributed by atoms with Crippen molar-refractivity contribution in [1.29, 1.82) is 0 Å². The van der Waals surface area contributed by atoms with Crippen molar-refractivity contribution in [3.05, 3.63) is 94.6 Å². The number of pyridine rings is 1. The number of nitrogens with zero attached hydrogens (tertiary/aromatic N) is 2. The summed E-state index contributed by atoms with van der Waals surface area (Å²) in [4.78, 5) is 13.4. The number of hydrogen-bond donors (Lipinski definition) is 1. The van der Waals surface area contributed by atoms with E-state index in [2.05, 4.69) is 10.4 Å². The Hall–Kier alpha value is -3.61. The lowest BCUT2D eigenvalue weighted by molar-refractivity contribution is 0.0910. The van der Waals surface area contributed by atoms with Crippen LogP contribution in [0.1, 0.15) is 60.9 Å². The Morgan fingerprint density at radius 3 is 2.15 bits per heavy atom. The highest BCUT2D eigenvalue weighted by molar-refractivity contribution is 5.97. The summed E-state index contributed by atoms with van der Waals surface area (Å²) in [5.41, 5.74) is 2.19. The summed E-state index contributed by atoms with van der Waals surface area (Å²) in [6, 6.07) is 13.0. The maximum atomic E-state index is 14.6. The average Bonchev–Trinajstić information content (AvgIpc) is 3.08. The van der Waals surface area contributed by atoms with Gasteiger partial charge in [0.1, 0.15) is 17.5 Å². The Kier molecular flexibility index (Phi) is 5.98. The van der Waals surface area contributed by atoms with Gasteiger partial charge in [-0.15, -0.1) is 0 Å². The molecule has 0 unspecified atom stereocenters. The SMILES string of the molecule is Cc1nn2c(C(C)C)c(C(=O)NC(C)(C)c3ccc(F)cc3)ccc2c1-c1c(F)cccc1F. The maximum Gasteiger partial charge on any atom is 0.253 e.